The van der Waals surface area contributed by atoms with Crippen LogP contribution in [0.2, 0.25) is 0 Å². The summed E-state index contributed by atoms with van der Waals surface area (Å²) in [4.78, 5) is 6.58. The number of anilines is 4. The molecule has 0 amide bonds. The van der Waals surface area contributed by atoms with Crippen molar-refractivity contribution in [1.29, 1.82) is 0 Å². The average molecular weight is 408 g/mol. The van der Waals surface area contributed by atoms with E-state index in [-0.39, 0.29) is 5.82 Å². The van der Waals surface area contributed by atoms with Crippen molar-refractivity contribution in [3.63, 3.8) is 0 Å². The van der Waals surface area contributed by atoms with Crippen molar-refractivity contribution in [2.24, 2.45) is 0 Å². The predicted molar refractivity (Wildman–Crippen MR) is 118 cm³/mol. The van der Waals surface area contributed by atoms with E-state index in [1.54, 1.807) is 10.6 Å². The van der Waals surface area contributed by atoms with Gasteiger partial charge >= 0.3 is 0 Å². The number of piperazine rings is 1. The van der Waals surface area contributed by atoms with Crippen molar-refractivity contribution < 1.29 is 4.39 Å². The van der Waals surface area contributed by atoms with Gasteiger partial charge in [-0.2, -0.15) is 5.10 Å². The Kier molecular flexibility index (Phi) is 4.47. The number of imidazole rings is 1. The maximum atomic E-state index is 14.5. The van der Waals surface area contributed by atoms with Crippen LogP contribution in [0.25, 0.3) is 16.6 Å². The lowest BCUT2D eigenvalue weighted by Gasteiger charge is -2.34. The molecule has 8 nitrogen and oxygen atoms in total. The first kappa shape index (κ1) is 18.7. The lowest BCUT2D eigenvalue weighted by Crippen LogP contribution is -2.49. The van der Waals surface area contributed by atoms with Crippen LogP contribution >= 0.6 is 0 Å². The van der Waals surface area contributed by atoms with Gasteiger partial charge in [0.2, 0.25) is 0 Å². The highest BCUT2D eigenvalue weighted by Crippen LogP contribution is 2.35. The summed E-state index contributed by atoms with van der Waals surface area (Å²) in [5.41, 5.74) is 4.72. The Morgan fingerprint density at radius 3 is 2.90 bits per heavy atom. The number of nitrogens with one attached hydrogen (secondary N) is 4. The molecule has 1 aliphatic rings. The largest absolute Gasteiger partial charge is 0.387 e. The predicted octanol–water partition coefficient (Wildman–Crippen LogP) is 3.24. The van der Waals surface area contributed by atoms with Crippen molar-refractivity contribution >= 4 is 39.4 Å². The number of pyridine rings is 1. The van der Waals surface area contributed by atoms with Crippen molar-refractivity contribution in [2.45, 2.75) is 19.9 Å². The van der Waals surface area contributed by atoms with Crippen LogP contribution < -0.4 is 20.9 Å². The third kappa shape index (κ3) is 3.21. The van der Waals surface area contributed by atoms with Crippen molar-refractivity contribution in [1.82, 2.24) is 24.9 Å². The molecule has 4 N–H and O–H groups in total. The van der Waals surface area contributed by atoms with Gasteiger partial charge in [-0.15, -0.1) is 0 Å². The molecule has 30 heavy (non-hydrogen) atoms. The number of fused-ring (bicyclic) bond motifs is 2. The number of H-pyrrole nitrogens is 1. The van der Waals surface area contributed by atoms with Gasteiger partial charge in [0, 0.05) is 62.6 Å². The van der Waals surface area contributed by atoms with Crippen molar-refractivity contribution in [3.8, 4) is 0 Å². The first-order valence-electron chi connectivity index (χ1n) is 10.1. The summed E-state index contributed by atoms with van der Waals surface area (Å²) >= 11 is 0. The molecular weight excluding hydrogens is 383 g/mol. The minimum absolute atomic E-state index is 0.316. The third-order valence-corrected chi connectivity index (χ3v) is 5.54. The highest BCUT2D eigenvalue weighted by atomic mass is 19.1. The number of hydrogen-bond donors (Lipinski definition) is 4. The maximum absolute atomic E-state index is 14.5. The van der Waals surface area contributed by atoms with Crippen LogP contribution in [-0.2, 0) is 0 Å². The van der Waals surface area contributed by atoms with E-state index in [1.165, 1.54) is 6.07 Å². The van der Waals surface area contributed by atoms with E-state index in [1.807, 2.05) is 20.2 Å². The second-order valence-electron chi connectivity index (χ2n) is 7.85. The van der Waals surface area contributed by atoms with Crippen LogP contribution in [0.3, 0.4) is 0 Å². The van der Waals surface area contributed by atoms with Crippen LogP contribution in [0, 0.1) is 12.7 Å². The molecule has 9 heteroatoms. The molecule has 5 rings (SSSR count). The second-order valence-corrected chi connectivity index (χ2v) is 7.85. The molecular formula is C21H25FN8. The van der Waals surface area contributed by atoms with E-state index >= 15 is 0 Å². The molecule has 4 aromatic rings. The minimum Gasteiger partial charge on any atom is -0.387 e. The number of benzene rings is 1. The number of rotatable bonds is 4. The van der Waals surface area contributed by atoms with Gasteiger partial charge in [-0.25, -0.2) is 9.37 Å². The van der Waals surface area contributed by atoms with Crippen LogP contribution in [0.4, 0.5) is 27.3 Å². The molecule has 1 aromatic carbocycles. The summed E-state index contributed by atoms with van der Waals surface area (Å²) in [5.74, 6) is 0.266. The van der Waals surface area contributed by atoms with Gasteiger partial charge in [0.1, 0.15) is 0 Å². The lowest BCUT2D eigenvalue weighted by molar-refractivity contribution is 0.485. The quantitative estimate of drug-likeness (QED) is 0.415. The molecule has 1 fully saturated rings. The van der Waals surface area contributed by atoms with E-state index in [0.29, 0.717) is 23.2 Å². The lowest BCUT2D eigenvalue weighted by atomic mass is 10.1. The van der Waals surface area contributed by atoms with Crippen LogP contribution in [0.15, 0.2) is 30.6 Å². The first-order valence-corrected chi connectivity index (χ1v) is 10.1. The molecule has 1 saturated heterocycles. The zero-order valence-corrected chi connectivity index (χ0v) is 17.3. The molecule has 0 spiro atoms. The van der Waals surface area contributed by atoms with E-state index in [0.717, 1.165) is 47.6 Å². The number of halogens is 1. The molecule has 0 radical (unpaired) electrons. The number of aromatic nitrogens is 4. The van der Waals surface area contributed by atoms with E-state index in [4.69, 9.17) is 0 Å². The maximum Gasteiger partial charge on any atom is 0.173 e. The number of hydrogen-bond acceptors (Lipinski definition) is 6. The van der Waals surface area contributed by atoms with Gasteiger partial charge in [-0.05, 0) is 26.0 Å². The van der Waals surface area contributed by atoms with Gasteiger partial charge in [0.25, 0.3) is 0 Å². The Labute approximate surface area is 173 Å². The van der Waals surface area contributed by atoms with Gasteiger partial charge in [0.15, 0.2) is 17.3 Å². The highest BCUT2D eigenvalue weighted by Gasteiger charge is 2.19. The summed E-state index contributed by atoms with van der Waals surface area (Å²) in [6, 6.07) is 6.15. The third-order valence-electron chi connectivity index (χ3n) is 5.54. The zero-order chi connectivity index (χ0) is 20.8. The molecule has 1 aliphatic heterocycles. The van der Waals surface area contributed by atoms with E-state index in [9.17, 15) is 4.39 Å². The summed E-state index contributed by atoms with van der Waals surface area (Å²) in [7, 11) is 1.90. The summed E-state index contributed by atoms with van der Waals surface area (Å²) < 4.78 is 16.1. The van der Waals surface area contributed by atoms with Crippen LogP contribution in [0.5, 0.6) is 0 Å². The fraction of sp³-hybridized carbons (Fsp3) is 0.333. The highest BCUT2D eigenvalue weighted by molar-refractivity contribution is 6.03. The first-order chi connectivity index (χ1) is 14.5. The topological polar surface area (TPSA) is 85.3 Å². The molecule has 0 aliphatic carbocycles. The molecule has 3 aromatic heterocycles. The van der Waals surface area contributed by atoms with Gasteiger partial charge < -0.3 is 25.3 Å². The Hall–Kier alpha value is -3.33. The smallest absolute Gasteiger partial charge is 0.173 e. The Bertz CT molecular complexity index is 1230. The van der Waals surface area contributed by atoms with Crippen LogP contribution in [-0.4, -0.2) is 52.3 Å². The van der Waals surface area contributed by atoms with E-state index < -0.39 is 0 Å². The SMILES string of the molecule is CNc1cc(N2CCNC(C)C2)cc2[nH]nc(Nc3cc(F)c4nc(C)cn4c3)c12. The van der Waals surface area contributed by atoms with Gasteiger partial charge in [-0.3, -0.25) is 5.10 Å². The molecule has 0 saturated carbocycles. The van der Waals surface area contributed by atoms with Crippen molar-refractivity contribution in [3.05, 3.63) is 42.1 Å². The second kappa shape index (κ2) is 7.17. The molecule has 1 unspecified atom stereocenters. The Balaban J connectivity index is 1.52. The van der Waals surface area contributed by atoms with Crippen molar-refractivity contribution in [2.75, 3.05) is 42.2 Å². The summed E-state index contributed by atoms with van der Waals surface area (Å²) in [5, 5.41) is 18.5. The number of aryl methyl sites for hydroxylation is 1. The fourth-order valence-corrected chi connectivity index (χ4v) is 4.16. The molecule has 4 heterocycles. The fourth-order valence-electron chi connectivity index (χ4n) is 4.16. The van der Waals surface area contributed by atoms with Gasteiger partial charge in [-0.1, -0.05) is 0 Å². The standard InChI is InChI=1S/C21H25FN8/c1-12-9-29(5-4-24-12)15-7-17(23-3)19-18(8-15)27-28-20(19)26-14-6-16(22)21-25-13(2)10-30(21)11-14/h6-8,10-12,23-24H,4-5,9H2,1-3H3,(H2,26,27,28). The number of nitrogens with zero attached hydrogens (tertiary/aromatic N) is 4. The Morgan fingerprint density at radius 1 is 1.23 bits per heavy atom. The summed E-state index contributed by atoms with van der Waals surface area (Å²) in [6.07, 6.45) is 3.61. The Morgan fingerprint density at radius 2 is 2.10 bits per heavy atom. The minimum atomic E-state index is -0.378. The van der Waals surface area contributed by atoms with E-state index in [2.05, 4.69) is 55.1 Å². The molecule has 156 valence electrons. The van der Waals surface area contributed by atoms with Gasteiger partial charge in [0.05, 0.1) is 22.3 Å². The van der Waals surface area contributed by atoms with Crippen LogP contribution in [0.1, 0.15) is 12.6 Å². The monoisotopic (exact) mass is 408 g/mol. The normalized spacial score (nSPS) is 17.1. The molecule has 1 atom stereocenters. The summed E-state index contributed by atoms with van der Waals surface area (Å²) in [6.45, 7) is 6.92. The molecule has 0 bridgehead atoms. The number of aromatic amines is 1. The zero-order valence-electron chi connectivity index (χ0n) is 17.3. The average Bonchev–Trinajstić information content (AvgIpc) is 3.30.